The molecule has 0 bridgehead atoms. The Morgan fingerprint density at radius 2 is 2.00 bits per heavy atom. The Kier molecular flexibility index (Phi) is 6.69. The number of hydrogen-bond donors (Lipinski definition) is 4. The van der Waals surface area contributed by atoms with E-state index in [-0.39, 0.29) is 18.9 Å². The molecule has 6 heteroatoms. The number of amides is 2. The van der Waals surface area contributed by atoms with Crippen LogP contribution in [0.15, 0.2) is 0 Å². The summed E-state index contributed by atoms with van der Waals surface area (Å²) < 4.78 is 0. The van der Waals surface area contributed by atoms with Crippen LogP contribution < -0.4 is 16.8 Å². The molecule has 1 atom stereocenters. The maximum Gasteiger partial charge on any atom is 0.237 e. The lowest BCUT2D eigenvalue weighted by molar-refractivity contribution is -0.126. The van der Waals surface area contributed by atoms with Gasteiger partial charge in [0.15, 0.2) is 0 Å². The zero-order valence-electron chi connectivity index (χ0n) is 8.03. The highest BCUT2D eigenvalue weighted by Crippen LogP contribution is 1.88. The van der Waals surface area contributed by atoms with Gasteiger partial charge >= 0.3 is 0 Å². The van der Waals surface area contributed by atoms with E-state index >= 15 is 0 Å². The minimum absolute atomic E-state index is 0.100. The van der Waals surface area contributed by atoms with E-state index in [1.165, 1.54) is 0 Å². The molecule has 6 N–H and O–H groups in total. The molecule has 0 spiro atoms. The van der Waals surface area contributed by atoms with E-state index in [9.17, 15) is 9.59 Å². The number of hydrogen-bond acceptors (Lipinski definition) is 4. The van der Waals surface area contributed by atoms with Gasteiger partial charge in [-0.1, -0.05) is 0 Å². The quantitative estimate of drug-likeness (QED) is 0.360. The molecule has 0 radical (unpaired) electrons. The van der Waals surface area contributed by atoms with Gasteiger partial charge in [-0.15, -0.1) is 0 Å². The molecule has 0 aliphatic heterocycles. The van der Waals surface area contributed by atoms with E-state index in [4.69, 9.17) is 16.6 Å². The van der Waals surface area contributed by atoms with Crippen LogP contribution in [0.4, 0.5) is 0 Å². The molecule has 0 heterocycles. The smallest absolute Gasteiger partial charge is 0.237 e. The van der Waals surface area contributed by atoms with Crippen molar-refractivity contribution in [2.24, 2.45) is 11.5 Å². The number of rotatable bonds is 7. The fourth-order valence-electron chi connectivity index (χ4n) is 0.889. The van der Waals surface area contributed by atoms with Crippen molar-refractivity contribution in [2.75, 3.05) is 13.2 Å². The number of nitrogens with one attached hydrogen (secondary N) is 1. The van der Waals surface area contributed by atoms with Crippen molar-refractivity contribution < 1.29 is 14.7 Å². The molecular formula is C8H17N3O3. The van der Waals surface area contributed by atoms with Crippen molar-refractivity contribution in [2.45, 2.75) is 25.3 Å². The maximum absolute atomic E-state index is 11.1. The maximum atomic E-state index is 11.1. The minimum atomic E-state index is -0.873. The Labute approximate surface area is 82.6 Å². The number of carbonyl (C=O) groups is 2. The Morgan fingerprint density at radius 1 is 1.36 bits per heavy atom. The Bertz CT molecular complexity index is 196. The molecule has 0 aliphatic carbocycles. The Morgan fingerprint density at radius 3 is 2.50 bits per heavy atom. The molecule has 0 rings (SSSR count). The van der Waals surface area contributed by atoms with Crippen molar-refractivity contribution in [1.29, 1.82) is 0 Å². The normalized spacial score (nSPS) is 12.1. The SMILES string of the molecule is NC(=O)CC(N)C(=O)NCCCCO. The lowest BCUT2D eigenvalue weighted by atomic mass is 10.2. The van der Waals surface area contributed by atoms with Gasteiger partial charge in [0.1, 0.15) is 0 Å². The van der Waals surface area contributed by atoms with Crippen LogP contribution in [-0.4, -0.2) is 36.1 Å². The number of aliphatic hydroxyl groups is 1. The first kappa shape index (κ1) is 12.9. The molecule has 1 unspecified atom stereocenters. The van der Waals surface area contributed by atoms with Crippen molar-refractivity contribution in [3.05, 3.63) is 0 Å². The van der Waals surface area contributed by atoms with Crippen molar-refractivity contribution >= 4 is 11.8 Å². The van der Waals surface area contributed by atoms with Crippen LogP contribution in [0.25, 0.3) is 0 Å². The van der Waals surface area contributed by atoms with Gasteiger partial charge in [0.25, 0.3) is 0 Å². The molecule has 0 aliphatic rings. The van der Waals surface area contributed by atoms with Crippen LogP contribution in [-0.2, 0) is 9.59 Å². The fraction of sp³-hybridized carbons (Fsp3) is 0.750. The summed E-state index contributed by atoms with van der Waals surface area (Å²) in [5.41, 5.74) is 10.2. The van der Waals surface area contributed by atoms with Crippen molar-refractivity contribution in [3.63, 3.8) is 0 Å². The van der Waals surface area contributed by atoms with E-state index < -0.39 is 11.9 Å². The second kappa shape index (κ2) is 7.28. The molecule has 0 fully saturated rings. The average molecular weight is 203 g/mol. The highest BCUT2D eigenvalue weighted by Gasteiger charge is 2.14. The van der Waals surface area contributed by atoms with E-state index in [0.717, 1.165) is 0 Å². The third-order valence-corrected chi connectivity index (χ3v) is 1.64. The van der Waals surface area contributed by atoms with Gasteiger partial charge in [0.05, 0.1) is 12.5 Å². The second-order valence-corrected chi connectivity index (χ2v) is 3.00. The number of primary amides is 1. The average Bonchev–Trinajstić information content (AvgIpc) is 2.11. The molecule has 0 aromatic rings. The molecule has 0 aromatic heterocycles. The van der Waals surface area contributed by atoms with E-state index in [1.54, 1.807) is 0 Å². The van der Waals surface area contributed by atoms with E-state index in [2.05, 4.69) is 5.32 Å². The Hall–Kier alpha value is -1.14. The summed E-state index contributed by atoms with van der Waals surface area (Å²) in [5, 5.41) is 11.0. The second-order valence-electron chi connectivity index (χ2n) is 3.00. The van der Waals surface area contributed by atoms with Crippen molar-refractivity contribution in [3.8, 4) is 0 Å². The van der Waals surface area contributed by atoms with Crippen LogP contribution in [0, 0.1) is 0 Å². The summed E-state index contributed by atoms with van der Waals surface area (Å²) >= 11 is 0. The number of nitrogens with two attached hydrogens (primary N) is 2. The van der Waals surface area contributed by atoms with Crippen LogP contribution in [0.1, 0.15) is 19.3 Å². The summed E-state index contributed by atoms with van der Waals surface area (Å²) in [6, 6.07) is -0.873. The first-order chi connectivity index (χ1) is 6.57. The number of unbranched alkanes of at least 4 members (excludes halogenated alkanes) is 1. The fourth-order valence-corrected chi connectivity index (χ4v) is 0.889. The predicted molar refractivity (Wildman–Crippen MR) is 51.1 cm³/mol. The van der Waals surface area contributed by atoms with E-state index in [1.807, 2.05) is 0 Å². The lowest BCUT2D eigenvalue weighted by Crippen LogP contribution is -2.43. The molecule has 0 aromatic carbocycles. The first-order valence-electron chi connectivity index (χ1n) is 4.50. The Balaban J connectivity index is 3.57. The zero-order chi connectivity index (χ0) is 11.0. The van der Waals surface area contributed by atoms with Crippen LogP contribution in [0.2, 0.25) is 0 Å². The highest BCUT2D eigenvalue weighted by molar-refractivity contribution is 5.87. The number of aliphatic hydroxyl groups excluding tert-OH is 1. The third-order valence-electron chi connectivity index (χ3n) is 1.64. The summed E-state index contributed by atoms with van der Waals surface area (Å²) in [4.78, 5) is 21.6. The van der Waals surface area contributed by atoms with Gasteiger partial charge in [0.2, 0.25) is 11.8 Å². The lowest BCUT2D eigenvalue weighted by Gasteiger charge is -2.09. The highest BCUT2D eigenvalue weighted by atomic mass is 16.3. The van der Waals surface area contributed by atoms with Gasteiger partial charge in [-0.05, 0) is 12.8 Å². The zero-order valence-corrected chi connectivity index (χ0v) is 8.03. The predicted octanol–water partition coefficient (Wildman–Crippen LogP) is -1.92. The summed E-state index contributed by atoms with van der Waals surface area (Å²) in [6.45, 7) is 0.551. The monoisotopic (exact) mass is 203 g/mol. The molecule has 2 amide bonds. The van der Waals surface area contributed by atoms with Crippen LogP contribution in [0.5, 0.6) is 0 Å². The molecular weight excluding hydrogens is 186 g/mol. The molecule has 0 saturated carbocycles. The van der Waals surface area contributed by atoms with Crippen LogP contribution >= 0.6 is 0 Å². The summed E-state index contributed by atoms with van der Waals surface area (Å²) in [6.07, 6.45) is 1.17. The summed E-state index contributed by atoms with van der Waals surface area (Å²) in [7, 11) is 0. The van der Waals surface area contributed by atoms with Gasteiger partial charge in [0, 0.05) is 13.2 Å². The standard InChI is InChI=1S/C8H17N3O3/c9-6(5-7(10)13)8(14)11-3-1-2-4-12/h6,12H,1-5,9H2,(H2,10,13)(H,11,14). The number of carbonyl (C=O) groups excluding carboxylic acids is 2. The molecule has 82 valence electrons. The van der Waals surface area contributed by atoms with Gasteiger partial charge in [-0.3, -0.25) is 9.59 Å². The minimum Gasteiger partial charge on any atom is -0.396 e. The van der Waals surface area contributed by atoms with Gasteiger partial charge < -0.3 is 21.9 Å². The van der Waals surface area contributed by atoms with Crippen molar-refractivity contribution in [1.82, 2.24) is 5.32 Å². The molecule has 14 heavy (non-hydrogen) atoms. The first-order valence-corrected chi connectivity index (χ1v) is 4.50. The third kappa shape index (κ3) is 6.38. The van der Waals surface area contributed by atoms with Gasteiger partial charge in [-0.2, -0.15) is 0 Å². The largest absolute Gasteiger partial charge is 0.396 e. The topological polar surface area (TPSA) is 118 Å². The summed E-state index contributed by atoms with van der Waals surface area (Å²) in [5.74, 6) is -0.982. The van der Waals surface area contributed by atoms with Gasteiger partial charge in [-0.25, -0.2) is 0 Å². The van der Waals surface area contributed by atoms with E-state index in [0.29, 0.717) is 19.4 Å². The molecule has 0 saturated heterocycles. The molecule has 6 nitrogen and oxygen atoms in total. The van der Waals surface area contributed by atoms with Crippen LogP contribution in [0.3, 0.4) is 0 Å².